The highest BCUT2D eigenvalue weighted by Gasteiger charge is 2.12. The number of benzene rings is 3. The fraction of sp³-hybridized carbons (Fsp3) is 0.0909. The van der Waals surface area contributed by atoms with E-state index in [9.17, 15) is 0 Å². The molecule has 0 atom stereocenters. The van der Waals surface area contributed by atoms with Crippen LogP contribution < -0.4 is 9.47 Å². The van der Waals surface area contributed by atoms with Crippen LogP contribution in [-0.4, -0.2) is 12.1 Å². The fourth-order valence-electron chi connectivity index (χ4n) is 3.00. The van der Waals surface area contributed by atoms with Crippen molar-refractivity contribution >= 4 is 33.3 Å². The monoisotopic (exact) mass is 374 g/mol. The van der Waals surface area contributed by atoms with Crippen LogP contribution in [0.25, 0.3) is 21.7 Å². The fourth-order valence-corrected chi connectivity index (χ4v) is 3.24. The number of hydrogen-bond donors (Lipinski definition) is 0. The van der Waals surface area contributed by atoms with Crippen molar-refractivity contribution in [2.75, 3.05) is 7.11 Å². The van der Waals surface area contributed by atoms with E-state index in [1.807, 2.05) is 54.6 Å². The van der Waals surface area contributed by atoms with Gasteiger partial charge in [0.1, 0.15) is 12.7 Å². The van der Waals surface area contributed by atoms with Gasteiger partial charge >= 0.3 is 0 Å². The zero-order chi connectivity index (χ0) is 18.8. The molecule has 0 saturated heterocycles. The first-order chi connectivity index (χ1) is 13.2. The van der Waals surface area contributed by atoms with E-state index in [1.54, 1.807) is 7.11 Å². The molecule has 132 valence electrons. The van der Waals surface area contributed by atoms with Crippen molar-refractivity contribution in [1.82, 2.24) is 4.98 Å². The standard InChI is InChI=1S/C22H15ClN2O2/c1-26-20-9-15-7-18-19(25-12-17(11-24)22(18)23)8-16(15)10-21(20)27-13-14-5-3-2-4-6-14/h2-10,12H,13H2,1H3. The summed E-state index contributed by atoms with van der Waals surface area (Å²) in [4.78, 5) is 4.35. The van der Waals surface area contributed by atoms with Gasteiger partial charge in [0.05, 0.1) is 23.2 Å². The van der Waals surface area contributed by atoms with Crippen LogP contribution in [0.15, 0.2) is 60.8 Å². The van der Waals surface area contributed by atoms with Gasteiger partial charge in [0.2, 0.25) is 0 Å². The number of hydrogen-bond acceptors (Lipinski definition) is 4. The van der Waals surface area contributed by atoms with Gasteiger partial charge in [0, 0.05) is 11.6 Å². The summed E-state index contributed by atoms with van der Waals surface area (Å²) in [7, 11) is 1.61. The van der Waals surface area contributed by atoms with E-state index in [-0.39, 0.29) is 0 Å². The minimum absolute atomic E-state index is 0.360. The summed E-state index contributed by atoms with van der Waals surface area (Å²) in [5.41, 5.74) is 2.17. The Labute approximate surface area is 161 Å². The number of methoxy groups -OCH3 is 1. The van der Waals surface area contributed by atoms with Gasteiger partial charge < -0.3 is 9.47 Å². The van der Waals surface area contributed by atoms with Crippen LogP contribution in [0.1, 0.15) is 11.1 Å². The van der Waals surface area contributed by atoms with Gasteiger partial charge in [-0.15, -0.1) is 0 Å². The average molecular weight is 375 g/mol. The van der Waals surface area contributed by atoms with Crippen molar-refractivity contribution in [2.24, 2.45) is 0 Å². The Balaban J connectivity index is 1.79. The highest BCUT2D eigenvalue weighted by atomic mass is 35.5. The molecule has 5 heteroatoms. The maximum Gasteiger partial charge on any atom is 0.162 e. The second kappa shape index (κ2) is 7.14. The lowest BCUT2D eigenvalue weighted by Gasteiger charge is -2.13. The summed E-state index contributed by atoms with van der Waals surface area (Å²) >= 11 is 6.35. The smallest absolute Gasteiger partial charge is 0.162 e. The Bertz CT molecular complexity index is 1180. The van der Waals surface area contributed by atoms with Crippen LogP contribution in [0.4, 0.5) is 0 Å². The molecule has 0 radical (unpaired) electrons. The highest BCUT2D eigenvalue weighted by molar-refractivity contribution is 6.36. The normalized spacial score (nSPS) is 10.7. The molecule has 4 rings (SSSR count). The number of rotatable bonds is 4. The van der Waals surface area contributed by atoms with Gasteiger partial charge in [-0.05, 0) is 40.6 Å². The topological polar surface area (TPSA) is 55.1 Å². The van der Waals surface area contributed by atoms with Crippen molar-refractivity contribution in [2.45, 2.75) is 6.61 Å². The Morgan fingerprint density at radius 2 is 1.78 bits per heavy atom. The number of pyridine rings is 1. The van der Waals surface area contributed by atoms with Gasteiger partial charge in [-0.1, -0.05) is 41.9 Å². The molecule has 0 fully saturated rings. The lowest BCUT2D eigenvalue weighted by atomic mass is 10.0. The van der Waals surface area contributed by atoms with Crippen LogP contribution in [0.2, 0.25) is 5.02 Å². The molecule has 0 aliphatic rings. The third-order valence-corrected chi connectivity index (χ3v) is 4.81. The van der Waals surface area contributed by atoms with Crippen molar-refractivity contribution in [1.29, 1.82) is 5.26 Å². The van der Waals surface area contributed by atoms with Gasteiger partial charge in [0.25, 0.3) is 0 Å². The Kier molecular flexibility index (Phi) is 4.53. The first-order valence-electron chi connectivity index (χ1n) is 8.36. The first-order valence-corrected chi connectivity index (χ1v) is 8.74. The van der Waals surface area contributed by atoms with Crippen LogP contribution in [0.3, 0.4) is 0 Å². The Hall–Kier alpha value is -3.29. The van der Waals surface area contributed by atoms with Crippen molar-refractivity contribution in [3.05, 3.63) is 76.9 Å². The molecular weight excluding hydrogens is 360 g/mol. The maximum absolute atomic E-state index is 9.15. The van der Waals surface area contributed by atoms with Gasteiger partial charge in [-0.3, -0.25) is 4.98 Å². The van der Waals surface area contributed by atoms with Crippen molar-refractivity contribution < 1.29 is 9.47 Å². The number of fused-ring (bicyclic) bond motifs is 2. The summed E-state index contributed by atoms with van der Waals surface area (Å²) < 4.78 is 11.5. The quantitative estimate of drug-likeness (QED) is 0.442. The van der Waals surface area contributed by atoms with E-state index >= 15 is 0 Å². The molecule has 0 N–H and O–H groups in total. The molecule has 0 unspecified atom stereocenters. The van der Waals surface area contributed by atoms with Crippen LogP contribution in [0, 0.1) is 11.3 Å². The molecule has 1 aromatic heterocycles. The molecule has 0 aliphatic carbocycles. The zero-order valence-corrected chi connectivity index (χ0v) is 15.3. The minimum atomic E-state index is 0.360. The number of aromatic nitrogens is 1. The number of ether oxygens (including phenoxy) is 2. The lowest BCUT2D eigenvalue weighted by molar-refractivity contribution is 0.285. The van der Waals surface area contributed by atoms with E-state index in [1.165, 1.54) is 6.20 Å². The predicted octanol–water partition coefficient (Wildman–Crippen LogP) is 5.50. The average Bonchev–Trinajstić information content (AvgIpc) is 2.71. The van der Waals surface area contributed by atoms with E-state index in [0.29, 0.717) is 28.7 Å². The second-order valence-electron chi connectivity index (χ2n) is 6.09. The zero-order valence-electron chi connectivity index (χ0n) is 14.6. The molecule has 4 aromatic rings. The summed E-state index contributed by atoms with van der Waals surface area (Å²) in [5.74, 6) is 1.30. The maximum atomic E-state index is 9.15. The van der Waals surface area contributed by atoms with E-state index < -0.39 is 0 Å². The number of nitrogens with zero attached hydrogens (tertiary/aromatic N) is 2. The first kappa shape index (κ1) is 17.1. The van der Waals surface area contributed by atoms with Gasteiger partial charge in [0.15, 0.2) is 11.5 Å². The summed E-state index contributed by atoms with van der Waals surface area (Å²) in [5, 5.41) is 12.2. The number of nitriles is 1. The summed E-state index contributed by atoms with van der Waals surface area (Å²) in [6.45, 7) is 0.450. The second-order valence-corrected chi connectivity index (χ2v) is 6.47. The Morgan fingerprint density at radius 1 is 1.04 bits per heavy atom. The van der Waals surface area contributed by atoms with E-state index in [2.05, 4.69) is 11.1 Å². The molecule has 0 spiro atoms. The Morgan fingerprint density at radius 3 is 2.52 bits per heavy atom. The summed E-state index contributed by atoms with van der Waals surface area (Å²) in [6.07, 6.45) is 1.49. The molecular formula is C22H15ClN2O2. The SMILES string of the molecule is COc1cc2cc3c(Cl)c(C#N)cnc3cc2cc1OCc1ccccc1. The van der Waals surface area contributed by atoms with E-state index in [0.717, 1.165) is 27.2 Å². The molecule has 4 nitrogen and oxygen atoms in total. The molecule has 0 bridgehead atoms. The third kappa shape index (κ3) is 3.25. The van der Waals surface area contributed by atoms with Gasteiger partial charge in [-0.25, -0.2) is 0 Å². The van der Waals surface area contributed by atoms with E-state index in [4.69, 9.17) is 26.3 Å². The predicted molar refractivity (Wildman–Crippen MR) is 106 cm³/mol. The molecule has 0 aliphatic heterocycles. The van der Waals surface area contributed by atoms with Crippen molar-refractivity contribution in [3.8, 4) is 17.6 Å². The van der Waals surface area contributed by atoms with Crippen LogP contribution in [0.5, 0.6) is 11.5 Å². The minimum Gasteiger partial charge on any atom is -0.493 e. The lowest BCUT2D eigenvalue weighted by Crippen LogP contribution is -1.98. The van der Waals surface area contributed by atoms with Crippen molar-refractivity contribution in [3.63, 3.8) is 0 Å². The number of halogens is 1. The highest BCUT2D eigenvalue weighted by Crippen LogP contribution is 2.36. The molecule has 3 aromatic carbocycles. The van der Waals surface area contributed by atoms with Crippen LogP contribution >= 0.6 is 11.6 Å². The largest absolute Gasteiger partial charge is 0.493 e. The van der Waals surface area contributed by atoms with Gasteiger partial charge in [-0.2, -0.15) is 5.26 Å². The molecule has 1 heterocycles. The molecule has 0 saturated carbocycles. The van der Waals surface area contributed by atoms with Crippen LogP contribution in [-0.2, 0) is 6.61 Å². The molecule has 0 amide bonds. The summed E-state index contributed by atoms with van der Waals surface area (Å²) in [6, 6.07) is 19.7. The third-order valence-electron chi connectivity index (χ3n) is 4.40. The molecule has 27 heavy (non-hydrogen) atoms.